The summed E-state index contributed by atoms with van der Waals surface area (Å²) in [4.78, 5) is 11.8. The van der Waals surface area contributed by atoms with Crippen LogP contribution in [0.25, 0.3) is 0 Å². The van der Waals surface area contributed by atoms with Gasteiger partial charge in [0.05, 0.1) is 12.7 Å². The van der Waals surface area contributed by atoms with Crippen LogP contribution in [0.2, 0.25) is 0 Å². The van der Waals surface area contributed by atoms with Crippen molar-refractivity contribution in [3.8, 4) is 5.75 Å². The maximum Gasteiger partial charge on any atom is 0.340 e. The molecule has 110 valence electrons. The molecule has 0 unspecified atom stereocenters. The van der Waals surface area contributed by atoms with Crippen LogP contribution < -0.4 is 10.5 Å². The Kier molecular flexibility index (Phi) is 4.37. The highest BCUT2D eigenvalue weighted by Crippen LogP contribution is 2.19. The van der Waals surface area contributed by atoms with Crippen LogP contribution >= 0.6 is 0 Å². The van der Waals surface area contributed by atoms with Crippen LogP contribution in [0.5, 0.6) is 5.75 Å². The molecule has 0 atom stereocenters. The Hall–Kier alpha value is -2.63. The second-order valence-corrected chi connectivity index (χ2v) is 4.28. The molecule has 0 saturated heterocycles. The maximum absolute atomic E-state index is 13.5. The number of methoxy groups -OCH3 is 1. The van der Waals surface area contributed by atoms with Crippen molar-refractivity contribution >= 4 is 11.7 Å². The van der Waals surface area contributed by atoms with Gasteiger partial charge in [-0.25, -0.2) is 13.6 Å². The van der Waals surface area contributed by atoms with Crippen molar-refractivity contribution in [2.75, 3.05) is 12.8 Å². The first kappa shape index (κ1) is 14.8. The number of nitrogen functional groups attached to an aromatic ring is 1. The lowest BCUT2D eigenvalue weighted by Crippen LogP contribution is -2.09. The lowest BCUT2D eigenvalue weighted by molar-refractivity contribution is 0.0473. The lowest BCUT2D eigenvalue weighted by Gasteiger charge is -2.08. The second-order valence-electron chi connectivity index (χ2n) is 4.28. The Bertz CT molecular complexity index is 674. The third kappa shape index (κ3) is 3.47. The average molecular weight is 293 g/mol. The van der Waals surface area contributed by atoms with Crippen molar-refractivity contribution < 1.29 is 23.0 Å². The summed E-state index contributed by atoms with van der Waals surface area (Å²) in [7, 11) is 1.35. The van der Waals surface area contributed by atoms with Gasteiger partial charge in [0.2, 0.25) is 0 Å². The van der Waals surface area contributed by atoms with Gasteiger partial charge in [-0.15, -0.1) is 0 Å². The molecule has 0 heterocycles. The van der Waals surface area contributed by atoms with E-state index in [4.69, 9.17) is 15.2 Å². The fourth-order valence-electron chi connectivity index (χ4n) is 1.73. The number of nitrogens with two attached hydrogens (primary N) is 1. The molecular weight excluding hydrogens is 280 g/mol. The third-order valence-electron chi connectivity index (χ3n) is 2.82. The van der Waals surface area contributed by atoms with Gasteiger partial charge in [-0.3, -0.25) is 0 Å². The van der Waals surface area contributed by atoms with Gasteiger partial charge in [-0.2, -0.15) is 0 Å². The number of benzene rings is 2. The van der Waals surface area contributed by atoms with Crippen molar-refractivity contribution in [1.29, 1.82) is 0 Å². The van der Waals surface area contributed by atoms with Crippen molar-refractivity contribution in [2.24, 2.45) is 0 Å². The number of carbonyl (C=O) groups excluding carboxylic acids is 1. The zero-order valence-electron chi connectivity index (χ0n) is 11.2. The normalized spacial score (nSPS) is 10.2. The molecule has 0 aliphatic rings. The first-order valence-corrected chi connectivity index (χ1v) is 6.06. The second kappa shape index (κ2) is 6.21. The molecule has 0 saturated carbocycles. The summed E-state index contributed by atoms with van der Waals surface area (Å²) in [6.45, 7) is -0.157. The summed E-state index contributed by atoms with van der Waals surface area (Å²) in [5.41, 5.74) is 6.07. The number of rotatable bonds is 4. The van der Waals surface area contributed by atoms with Gasteiger partial charge >= 0.3 is 5.97 Å². The predicted octanol–water partition coefficient (Wildman–Crippen LogP) is 2.91. The van der Waals surface area contributed by atoms with E-state index in [1.807, 2.05) is 0 Å². The highest BCUT2D eigenvalue weighted by Gasteiger charge is 2.13. The Labute approximate surface area is 120 Å². The molecule has 2 aromatic rings. The fraction of sp³-hybridized carbons (Fsp3) is 0.133. The maximum atomic E-state index is 13.5. The average Bonchev–Trinajstić information content (AvgIpc) is 2.47. The van der Waals surface area contributed by atoms with Gasteiger partial charge < -0.3 is 15.2 Å². The molecule has 0 spiro atoms. The van der Waals surface area contributed by atoms with Crippen LogP contribution in [0.3, 0.4) is 0 Å². The minimum absolute atomic E-state index is 0.0658. The Morgan fingerprint density at radius 3 is 2.62 bits per heavy atom. The largest absolute Gasteiger partial charge is 0.494 e. The van der Waals surface area contributed by atoms with Gasteiger partial charge in [-0.1, -0.05) is 6.07 Å². The Morgan fingerprint density at radius 1 is 1.19 bits per heavy atom. The molecule has 0 bridgehead atoms. The number of ether oxygens (including phenoxy) is 2. The van der Waals surface area contributed by atoms with Crippen LogP contribution in [0, 0.1) is 11.6 Å². The van der Waals surface area contributed by atoms with Gasteiger partial charge in [-0.05, 0) is 35.9 Å². The number of anilines is 1. The molecule has 0 aliphatic heterocycles. The first-order chi connectivity index (χ1) is 10.0. The summed E-state index contributed by atoms with van der Waals surface area (Å²) in [6.07, 6.45) is 0. The van der Waals surface area contributed by atoms with Crippen molar-refractivity contribution in [2.45, 2.75) is 6.61 Å². The highest BCUT2D eigenvalue weighted by molar-refractivity contribution is 5.95. The lowest BCUT2D eigenvalue weighted by atomic mass is 10.2. The predicted molar refractivity (Wildman–Crippen MR) is 72.9 cm³/mol. The number of hydrogen-bond acceptors (Lipinski definition) is 4. The third-order valence-corrected chi connectivity index (χ3v) is 2.82. The summed E-state index contributed by atoms with van der Waals surface area (Å²) in [6, 6.07) is 7.59. The van der Waals surface area contributed by atoms with Crippen LogP contribution in [0.15, 0.2) is 36.4 Å². The van der Waals surface area contributed by atoms with Gasteiger partial charge in [0.15, 0.2) is 11.6 Å². The molecule has 6 heteroatoms. The summed E-state index contributed by atoms with van der Waals surface area (Å²) >= 11 is 0. The van der Waals surface area contributed by atoms with E-state index in [9.17, 15) is 13.6 Å². The van der Waals surface area contributed by atoms with E-state index in [0.717, 1.165) is 12.1 Å². The first-order valence-electron chi connectivity index (χ1n) is 6.06. The van der Waals surface area contributed by atoms with Gasteiger partial charge in [0, 0.05) is 5.69 Å². The SMILES string of the molecule is COc1ccc(COC(=O)c2cc(F)ccc2N)cc1F. The van der Waals surface area contributed by atoms with E-state index in [1.54, 1.807) is 6.07 Å². The summed E-state index contributed by atoms with van der Waals surface area (Å²) in [5, 5.41) is 0. The smallest absolute Gasteiger partial charge is 0.340 e. The van der Waals surface area contributed by atoms with E-state index in [1.165, 1.54) is 25.3 Å². The monoisotopic (exact) mass is 293 g/mol. The molecule has 0 fully saturated rings. The number of carbonyl (C=O) groups is 1. The van der Waals surface area contributed by atoms with E-state index < -0.39 is 17.6 Å². The Balaban J connectivity index is 2.07. The molecule has 2 N–H and O–H groups in total. The summed E-state index contributed by atoms with van der Waals surface area (Å²) in [5.74, 6) is -1.83. The van der Waals surface area contributed by atoms with Gasteiger partial charge in [0.25, 0.3) is 0 Å². The minimum atomic E-state index is -0.775. The zero-order chi connectivity index (χ0) is 15.4. The van der Waals surface area contributed by atoms with Crippen molar-refractivity contribution in [1.82, 2.24) is 0 Å². The molecule has 21 heavy (non-hydrogen) atoms. The topological polar surface area (TPSA) is 61.5 Å². The molecule has 0 radical (unpaired) electrons. The van der Waals surface area contributed by atoms with Crippen molar-refractivity contribution in [3.63, 3.8) is 0 Å². The Morgan fingerprint density at radius 2 is 1.95 bits per heavy atom. The number of hydrogen-bond donors (Lipinski definition) is 1. The van der Waals surface area contributed by atoms with E-state index >= 15 is 0 Å². The minimum Gasteiger partial charge on any atom is -0.494 e. The molecular formula is C15H13F2NO3. The molecule has 4 nitrogen and oxygen atoms in total. The van der Waals surface area contributed by atoms with E-state index in [0.29, 0.717) is 5.56 Å². The number of halogens is 2. The van der Waals surface area contributed by atoms with E-state index in [-0.39, 0.29) is 23.6 Å². The van der Waals surface area contributed by atoms with Crippen LogP contribution in [0.4, 0.5) is 14.5 Å². The molecule has 2 rings (SSSR count). The summed E-state index contributed by atoms with van der Waals surface area (Å²) < 4.78 is 36.3. The fourth-order valence-corrected chi connectivity index (χ4v) is 1.73. The van der Waals surface area contributed by atoms with Crippen molar-refractivity contribution in [3.05, 3.63) is 59.2 Å². The van der Waals surface area contributed by atoms with Gasteiger partial charge in [0.1, 0.15) is 12.4 Å². The molecule has 0 aliphatic carbocycles. The van der Waals surface area contributed by atoms with Crippen LogP contribution in [-0.2, 0) is 11.3 Å². The highest BCUT2D eigenvalue weighted by atomic mass is 19.1. The zero-order valence-corrected chi connectivity index (χ0v) is 11.2. The standard InChI is InChI=1S/C15H13F2NO3/c1-20-14-5-2-9(6-12(14)17)8-21-15(19)11-7-10(16)3-4-13(11)18/h2-7H,8,18H2,1H3. The quantitative estimate of drug-likeness (QED) is 0.695. The van der Waals surface area contributed by atoms with Crippen LogP contribution in [-0.4, -0.2) is 13.1 Å². The van der Waals surface area contributed by atoms with E-state index in [2.05, 4.69) is 0 Å². The molecule has 0 aromatic heterocycles. The number of esters is 1. The molecule has 0 amide bonds. The molecule has 2 aromatic carbocycles. The van der Waals surface area contributed by atoms with Crippen LogP contribution in [0.1, 0.15) is 15.9 Å².